The predicted octanol–water partition coefficient (Wildman–Crippen LogP) is 4.28. The summed E-state index contributed by atoms with van der Waals surface area (Å²) in [7, 11) is 0. The molecular weight excluding hydrogens is 239 g/mol. The van der Waals surface area contributed by atoms with E-state index in [1.807, 2.05) is 0 Å². The summed E-state index contributed by atoms with van der Waals surface area (Å²) in [6.45, 7) is 2.07. The highest BCUT2D eigenvalue weighted by Crippen LogP contribution is 2.38. The minimum atomic E-state index is -4.03. The molecule has 106 valence electrons. The molecule has 0 amide bonds. The first kappa shape index (κ1) is 14.2. The molecule has 4 heteroatoms. The Balaban J connectivity index is 1.92. The lowest BCUT2D eigenvalue weighted by Gasteiger charge is -2.36. The van der Waals surface area contributed by atoms with Gasteiger partial charge >= 0.3 is 6.18 Å². The van der Waals surface area contributed by atoms with Crippen LogP contribution in [0.25, 0.3) is 0 Å². The summed E-state index contributed by atoms with van der Waals surface area (Å²) in [6, 6.07) is -0.116. The Labute approximate surface area is 108 Å². The number of alkyl halides is 3. The molecule has 0 aromatic rings. The van der Waals surface area contributed by atoms with Crippen molar-refractivity contribution in [3.63, 3.8) is 0 Å². The maximum atomic E-state index is 13.0. The monoisotopic (exact) mass is 263 g/mol. The van der Waals surface area contributed by atoms with Crippen molar-refractivity contribution in [3.8, 4) is 0 Å². The zero-order chi connectivity index (χ0) is 13.2. The summed E-state index contributed by atoms with van der Waals surface area (Å²) in [6.07, 6.45) is 3.44. The highest BCUT2D eigenvalue weighted by molar-refractivity contribution is 4.89. The van der Waals surface area contributed by atoms with E-state index in [9.17, 15) is 13.2 Å². The molecule has 0 heterocycles. The van der Waals surface area contributed by atoms with E-state index < -0.39 is 12.1 Å². The van der Waals surface area contributed by atoms with E-state index in [1.54, 1.807) is 0 Å². The fraction of sp³-hybridized carbons (Fsp3) is 1.00. The van der Waals surface area contributed by atoms with Crippen LogP contribution in [0.5, 0.6) is 0 Å². The van der Waals surface area contributed by atoms with E-state index in [2.05, 4.69) is 12.2 Å². The van der Waals surface area contributed by atoms with Crippen molar-refractivity contribution in [3.05, 3.63) is 0 Å². The van der Waals surface area contributed by atoms with Gasteiger partial charge in [0.05, 0.1) is 5.92 Å². The van der Waals surface area contributed by atoms with Crippen LogP contribution in [0.1, 0.15) is 58.3 Å². The highest BCUT2D eigenvalue weighted by atomic mass is 19.4. The van der Waals surface area contributed by atoms with E-state index in [-0.39, 0.29) is 12.1 Å². The highest BCUT2D eigenvalue weighted by Gasteiger charge is 2.45. The van der Waals surface area contributed by atoms with Crippen molar-refractivity contribution >= 4 is 0 Å². The molecule has 0 saturated heterocycles. The number of rotatable bonds is 3. The molecule has 2 rings (SSSR count). The Morgan fingerprint density at radius 1 is 0.944 bits per heavy atom. The number of nitrogens with one attached hydrogen (secondary N) is 1. The van der Waals surface area contributed by atoms with Gasteiger partial charge in [0.2, 0.25) is 0 Å². The minimum absolute atomic E-state index is 0.237. The van der Waals surface area contributed by atoms with Crippen molar-refractivity contribution in [2.24, 2.45) is 11.8 Å². The van der Waals surface area contributed by atoms with E-state index >= 15 is 0 Å². The summed E-state index contributed by atoms with van der Waals surface area (Å²) in [5, 5.41) is 3.30. The van der Waals surface area contributed by atoms with Gasteiger partial charge in [-0.3, -0.25) is 0 Å². The van der Waals surface area contributed by atoms with Gasteiger partial charge in [0.15, 0.2) is 0 Å². The first-order chi connectivity index (χ1) is 8.48. The third-order valence-electron chi connectivity index (χ3n) is 4.77. The van der Waals surface area contributed by atoms with Gasteiger partial charge in [0, 0.05) is 12.1 Å². The molecule has 1 nitrogen and oxygen atoms in total. The summed E-state index contributed by atoms with van der Waals surface area (Å²) in [5.74, 6) is -0.545. The molecule has 3 unspecified atom stereocenters. The molecule has 0 radical (unpaired) electrons. The SMILES string of the molecule is CC(NC1CCCCC1C(F)(F)F)C1CCCC1. The average molecular weight is 263 g/mol. The van der Waals surface area contributed by atoms with Crippen LogP contribution >= 0.6 is 0 Å². The maximum absolute atomic E-state index is 13.0. The van der Waals surface area contributed by atoms with Crippen LogP contribution in [0.4, 0.5) is 13.2 Å². The topological polar surface area (TPSA) is 12.0 Å². The molecule has 18 heavy (non-hydrogen) atoms. The van der Waals surface area contributed by atoms with Crippen LogP contribution in [0.15, 0.2) is 0 Å². The fourth-order valence-corrected chi connectivity index (χ4v) is 3.65. The van der Waals surface area contributed by atoms with Crippen molar-refractivity contribution in [2.45, 2.75) is 76.6 Å². The molecule has 2 aliphatic carbocycles. The van der Waals surface area contributed by atoms with Gasteiger partial charge in [-0.25, -0.2) is 0 Å². The summed E-state index contributed by atoms with van der Waals surface area (Å²) in [5.41, 5.74) is 0. The van der Waals surface area contributed by atoms with Crippen LogP contribution in [0.2, 0.25) is 0 Å². The summed E-state index contributed by atoms with van der Waals surface area (Å²) >= 11 is 0. The molecule has 0 aromatic heterocycles. The zero-order valence-corrected chi connectivity index (χ0v) is 11.1. The molecule has 1 N–H and O–H groups in total. The molecule has 3 atom stereocenters. The van der Waals surface area contributed by atoms with Gasteiger partial charge in [0.1, 0.15) is 0 Å². The van der Waals surface area contributed by atoms with Gasteiger partial charge in [-0.15, -0.1) is 0 Å². The van der Waals surface area contributed by atoms with E-state index in [4.69, 9.17) is 0 Å². The molecule has 2 aliphatic rings. The molecular formula is C14H24F3N. The number of hydrogen-bond donors (Lipinski definition) is 1. The lowest BCUT2D eigenvalue weighted by molar-refractivity contribution is -0.189. The second kappa shape index (κ2) is 5.81. The number of hydrogen-bond acceptors (Lipinski definition) is 1. The average Bonchev–Trinajstić information content (AvgIpc) is 2.81. The molecule has 2 saturated carbocycles. The lowest BCUT2D eigenvalue weighted by atomic mass is 9.83. The number of halogens is 3. The van der Waals surface area contributed by atoms with E-state index in [1.165, 1.54) is 25.7 Å². The smallest absolute Gasteiger partial charge is 0.311 e. The van der Waals surface area contributed by atoms with Crippen molar-refractivity contribution in [2.75, 3.05) is 0 Å². The quantitative estimate of drug-likeness (QED) is 0.801. The lowest BCUT2D eigenvalue weighted by Crippen LogP contribution is -2.50. The van der Waals surface area contributed by atoms with Gasteiger partial charge in [-0.05, 0) is 38.5 Å². The van der Waals surface area contributed by atoms with Crippen LogP contribution in [0.3, 0.4) is 0 Å². The minimum Gasteiger partial charge on any atom is -0.311 e. The van der Waals surface area contributed by atoms with Crippen LogP contribution in [-0.2, 0) is 0 Å². The normalized spacial score (nSPS) is 32.7. The van der Waals surface area contributed by atoms with Crippen molar-refractivity contribution in [1.29, 1.82) is 0 Å². The van der Waals surface area contributed by atoms with Gasteiger partial charge < -0.3 is 5.32 Å². The molecule has 0 aliphatic heterocycles. The molecule has 0 spiro atoms. The van der Waals surface area contributed by atoms with Gasteiger partial charge in [-0.2, -0.15) is 13.2 Å². The Kier molecular flexibility index (Phi) is 4.57. The standard InChI is InChI=1S/C14H24F3N/c1-10(11-6-2-3-7-11)18-13-9-5-4-8-12(13)14(15,16)17/h10-13,18H,2-9H2,1H3. The van der Waals surface area contributed by atoms with E-state index in [0.29, 0.717) is 18.8 Å². The van der Waals surface area contributed by atoms with Crippen LogP contribution < -0.4 is 5.32 Å². The van der Waals surface area contributed by atoms with Crippen molar-refractivity contribution in [1.82, 2.24) is 5.32 Å². The van der Waals surface area contributed by atoms with Crippen LogP contribution in [0, 0.1) is 11.8 Å². The van der Waals surface area contributed by atoms with Crippen LogP contribution in [-0.4, -0.2) is 18.3 Å². The largest absolute Gasteiger partial charge is 0.393 e. The zero-order valence-electron chi connectivity index (χ0n) is 11.1. The second-order valence-electron chi connectivity index (χ2n) is 6.04. The fourth-order valence-electron chi connectivity index (χ4n) is 3.65. The van der Waals surface area contributed by atoms with E-state index in [0.717, 1.165) is 12.8 Å². The second-order valence-corrected chi connectivity index (χ2v) is 6.04. The summed E-state index contributed by atoms with van der Waals surface area (Å²) in [4.78, 5) is 0. The predicted molar refractivity (Wildman–Crippen MR) is 66.4 cm³/mol. The van der Waals surface area contributed by atoms with Gasteiger partial charge in [-0.1, -0.05) is 25.7 Å². The first-order valence-corrected chi connectivity index (χ1v) is 7.31. The summed E-state index contributed by atoms with van der Waals surface area (Å²) < 4.78 is 38.9. The Morgan fingerprint density at radius 3 is 2.11 bits per heavy atom. The Hall–Kier alpha value is -0.250. The Bertz CT molecular complexity index is 258. The third-order valence-corrected chi connectivity index (χ3v) is 4.77. The Morgan fingerprint density at radius 2 is 1.50 bits per heavy atom. The third kappa shape index (κ3) is 3.40. The van der Waals surface area contributed by atoms with Crippen molar-refractivity contribution < 1.29 is 13.2 Å². The molecule has 0 bridgehead atoms. The first-order valence-electron chi connectivity index (χ1n) is 7.31. The maximum Gasteiger partial charge on any atom is 0.393 e. The molecule has 0 aromatic carbocycles. The molecule has 2 fully saturated rings. The van der Waals surface area contributed by atoms with Gasteiger partial charge in [0.25, 0.3) is 0 Å².